The first-order valence-electron chi connectivity index (χ1n) is 6.67. The Bertz CT molecular complexity index is 649. The number of anilines is 1. The number of ether oxygens (including phenoxy) is 2. The lowest BCUT2D eigenvalue weighted by atomic mass is 10.2. The minimum Gasteiger partial charge on any atom is -0.476 e. The number of hydrogen-bond donors (Lipinski definition) is 2. The highest BCUT2D eigenvalue weighted by molar-refractivity contribution is 5.77. The normalized spacial score (nSPS) is 25.6. The van der Waals surface area contributed by atoms with Crippen LogP contribution in [0.3, 0.4) is 0 Å². The van der Waals surface area contributed by atoms with Gasteiger partial charge < -0.3 is 20.3 Å². The summed E-state index contributed by atoms with van der Waals surface area (Å²) in [6, 6.07) is 0. The SMILES string of the molecule is CCOc1nc(N)nc2c1ncn2[C@@H]1O[C@H](CO)C[C@@H]1F. The Morgan fingerprint density at radius 1 is 1.57 bits per heavy atom. The third-order valence-corrected chi connectivity index (χ3v) is 3.29. The molecule has 1 aliphatic rings. The molecule has 2 aromatic heterocycles. The number of nitrogens with zero attached hydrogens (tertiary/aromatic N) is 4. The van der Waals surface area contributed by atoms with Crippen LogP contribution in [0, 0.1) is 0 Å². The summed E-state index contributed by atoms with van der Waals surface area (Å²) in [6.45, 7) is 1.98. The summed E-state index contributed by atoms with van der Waals surface area (Å²) in [5.41, 5.74) is 6.39. The van der Waals surface area contributed by atoms with Gasteiger partial charge >= 0.3 is 0 Å². The molecule has 0 aromatic carbocycles. The summed E-state index contributed by atoms with van der Waals surface area (Å²) in [5.74, 6) is 0.269. The lowest BCUT2D eigenvalue weighted by Crippen LogP contribution is -2.17. The fraction of sp³-hybridized carbons (Fsp3) is 0.583. The molecular formula is C12H16FN5O3. The van der Waals surface area contributed by atoms with Crippen molar-refractivity contribution in [2.45, 2.75) is 31.8 Å². The number of aliphatic hydroxyl groups is 1. The second-order valence-electron chi connectivity index (χ2n) is 4.73. The average Bonchev–Trinajstić information content (AvgIpc) is 3.02. The van der Waals surface area contributed by atoms with Crippen molar-refractivity contribution in [3.63, 3.8) is 0 Å². The van der Waals surface area contributed by atoms with Gasteiger partial charge in [0.25, 0.3) is 0 Å². The van der Waals surface area contributed by atoms with Crippen LogP contribution in [0.4, 0.5) is 10.3 Å². The molecule has 8 nitrogen and oxygen atoms in total. The molecule has 3 rings (SSSR count). The summed E-state index contributed by atoms with van der Waals surface area (Å²) >= 11 is 0. The highest BCUT2D eigenvalue weighted by Crippen LogP contribution is 2.34. The van der Waals surface area contributed by atoms with Gasteiger partial charge in [-0.25, -0.2) is 9.37 Å². The van der Waals surface area contributed by atoms with Gasteiger partial charge in [-0.2, -0.15) is 9.97 Å². The molecule has 21 heavy (non-hydrogen) atoms. The Balaban J connectivity index is 2.04. The number of nitrogen functional groups attached to an aromatic ring is 1. The van der Waals surface area contributed by atoms with E-state index < -0.39 is 18.5 Å². The molecule has 2 aromatic rings. The summed E-state index contributed by atoms with van der Waals surface area (Å²) in [5, 5.41) is 9.09. The topological polar surface area (TPSA) is 108 Å². The molecule has 9 heteroatoms. The molecule has 3 atom stereocenters. The fourth-order valence-electron chi connectivity index (χ4n) is 2.39. The molecule has 3 N–H and O–H groups in total. The zero-order valence-electron chi connectivity index (χ0n) is 11.4. The van der Waals surface area contributed by atoms with Gasteiger partial charge in [-0.1, -0.05) is 0 Å². The van der Waals surface area contributed by atoms with Crippen LogP contribution in [0.1, 0.15) is 19.6 Å². The highest BCUT2D eigenvalue weighted by Gasteiger charge is 2.37. The first-order chi connectivity index (χ1) is 10.1. The fourth-order valence-corrected chi connectivity index (χ4v) is 2.39. The Hall–Kier alpha value is -2.00. The van der Waals surface area contributed by atoms with E-state index in [2.05, 4.69) is 15.0 Å². The molecule has 114 valence electrons. The van der Waals surface area contributed by atoms with Gasteiger partial charge in [-0.05, 0) is 6.92 Å². The van der Waals surface area contributed by atoms with E-state index in [1.54, 1.807) is 0 Å². The van der Waals surface area contributed by atoms with Crippen LogP contribution in [0.2, 0.25) is 0 Å². The quantitative estimate of drug-likeness (QED) is 0.842. The smallest absolute Gasteiger partial charge is 0.247 e. The number of aromatic nitrogens is 4. The van der Waals surface area contributed by atoms with Gasteiger partial charge in [0.15, 0.2) is 17.4 Å². The number of imidazole rings is 1. The number of hydrogen-bond acceptors (Lipinski definition) is 7. The van der Waals surface area contributed by atoms with Crippen molar-refractivity contribution in [1.29, 1.82) is 0 Å². The highest BCUT2D eigenvalue weighted by atomic mass is 19.1. The van der Waals surface area contributed by atoms with E-state index in [9.17, 15) is 4.39 Å². The van der Waals surface area contributed by atoms with E-state index in [0.717, 1.165) is 0 Å². The van der Waals surface area contributed by atoms with E-state index in [-0.39, 0.29) is 24.9 Å². The van der Waals surface area contributed by atoms with Crippen LogP contribution >= 0.6 is 0 Å². The molecule has 0 aliphatic carbocycles. The van der Waals surface area contributed by atoms with Crippen LogP contribution in [0.25, 0.3) is 11.2 Å². The molecule has 1 aliphatic heterocycles. The summed E-state index contributed by atoms with van der Waals surface area (Å²) in [6.07, 6.45) is -1.15. The zero-order chi connectivity index (χ0) is 15.0. The van der Waals surface area contributed by atoms with E-state index in [1.807, 2.05) is 6.92 Å². The minimum atomic E-state index is -1.26. The molecule has 0 bridgehead atoms. The van der Waals surface area contributed by atoms with Gasteiger partial charge in [0.2, 0.25) is 11.8 Å². The Kier molecular flexibility index (Phi) is 3.60. The number of nitrogens with two attached hydrogens (primary N) is 1. The van der Waals surface area contributed by atoms with Crippen molar-refractivity contribution in [2.24, 2.45) is 0 Å². The lowest BCUT2D eigenvalue weighted by molar-refractivity contribution is -0.0351. The Labute approximate surface area is 119 Å². The molecule has 0 radical (unpaired) electrons. The molecule has 0 saturated carbocycles. The van der Waals surface area contributed by atoms with Crippen LogP contribution in [0.15, 0.2) is 6.33 Å². The third kappa shape index (κ3) is 2.38. The largest absolute Gasteiger partial charge is 0.476 e. The van der Waals surface area contributed by atoms with E-state index in [4.69, 9.17) is 20.3 Å². The summed E-state index contributed by atoms with van der Waals surface area (Å²) in [7, 11) is 0. The number of alkyl halides is 1. The van der Waals surface area contributed by atoms with Gasteiger partial charge in [0.05, 0.1) is 25.6 Å². The maximum atomic E-state index is 14.1. The van der Waals surface area contributed by atoms with Crippen LogP contribution in [-0.2, 0) is 4.74 Å². The van der Waals surface area contributed by atoms with Crippen molar-refractivity contribution in [2.75, 3.05) is 18.9 Å². The molecule has 0 amide bonds. The number of aliphatic hydroxyl groups excluding tert-OH is 1. The van der Waals surface area contributed by atoms with Crippen LogP contribution < -0.4 is 10.5 Å². The van der Waals surface area contributed by atoms with Crippen molar-refractivity contribution >= 4 is 17.1 Å². The van der Waals surface area contributed by atoms with Crippen LogP contribution in [-0.4, -0.2) is 50.1 Å². The van der Waals surface area contributed by atoms with E-state index >= 15 is 0 Å². The summed E-state index contributed by atoms with van der Waals surface area (Å²) < 4.78 is 26.4. The van der Waals surface area contributed by atoms with Gasteiger partial charge in [-0.3, -0.25) is 4.57 Å². The Morgan fingerprint density at radius 3 is 3.05 bits per heavy atom. The predicted octanol–water partition coefficient (Wildman–Crippen LogP) is 0.425. The molecular weight excluding hydrogens is 281 g/mol. The van der Waals surface area contributed by atoms with E-state index in [1.165, 1.54) is 10.9 Å². The van der Waals surface area contributed by atoms with Crippen molar-refractivity contribution in [3.8, 4) is 5.88 Å². The Morgan fingerprint density at radius 2 is 2.38 bits per heavy atom. The predicted molar refractivity (Wildman–Crippen MR) is 71.4 cm³/mol. The number of fused-ring (bicyclic) bond motifs is 1. The lowest BCUT2D eigenvalue weighted by Gasteiger charge is -2.15. The van der Waals surface area contributed by atoms with Crippen molar-refractivity contribution < 1.29 is 19.0 Å². The van der Waals surface area contributed by atoms with Gasteiger partial charge in [-0.15, -0.1) is 0 Å². The molecule has 0 spiro atoms. The van der Waals surface area contributed by atoms with Gasteiger partial charge in [0.1, 0.15) is 6.17 Å². The molecule has 1 fully saturated rings. The maximum absolute atomic E-state index is 14.1. The standard InChI is InChI=1S/C12H16FN5O3/c1-2-20-10-8-9(16-12(14)17-10)18(5-15-8)11-7(13)3-6(4-19)21-11/h5-7,11,19H,2-4H2,1H3,(H2,14,16,17)/t6-,7-,11+/m0/s1. The van der Waals surface area contributed by atoms with E-state index in [0.29, 0.717) is 17.8 Å². The molecule has 0 unspecified atom stereocenters. The monoisotopic (exact) mass is 297 g/mol. The van der Waals surface area contributed by atoms with Gasteiger partial charge in [0, 0.05) is 6.42 Å². The third-order valence-electron chi connectivity index (χ3n) is 3.29. The summed E-state index contributed by atoms with van der Waals surface area (Å²) in [4.78, 5) is 12.2. The zero-order valence-corrected chi connectivity index (χ0v) is 11.4. The number of halogens is 1. The van der Waals surface area contributed by atoms with Crippen molar-refractivity contribution in [1.82, 2.24) is 19.5 Å². The molecule has 3 heterocycles. The second kappa shape index (κ2) is 5.41. The average molecular weight is 297 g/mol. The second-order valence-corrected chi connectivity index (χ2v) is 4.73. The maximum Gasteiger partial charge on any atom is 0.247 e. The first kappa shape index (κ1) is 14.0. The number of rotatable bonds is 4. The van der Waals surface area contributed by atoms with Crippen LogP contribution in [0.5, 0.6) is 5.88 Å². The molecule has 1 saturated heterocycles. The van der Waals surface area contributed by atoms with Crippen molar-refractivity contribution in [3.05, 3.63) is 6.33 Å². The first-order valence-corrected chi connectivity index (χ1v) is 6.67. The minimum absolute atomic E-state index is 0.0137.